The van der Waals surface area contributed by atoms with Crippen LogP contribution >= 0.6 is 0 Å². The van der Waals surface area contributed by atoms with Crippen molar-refractivity contribution in [2.24, 2.45) is 18.9 Å². The molecule has 0 saturated carbocycles. The molecule has 1 amide bonds. The molecule has 0 bridgehead atoms. The number of nitrogens with zero attached hydrogens (tertiary/aromatic N) is 6. The number of piperidine rings is 1. The van der Waals surface area contributed by atoms with E-state index < -0.39 is 0 Å². The van der Waals surface area contributed by atoms with Crippen molar-refractivity contribution in [3.05, 3.63) is 12.5 Å². The normalized spacial score (nSPS) is 22.2. The molecule has 8 nitrogen and oxygen atoms in total. The average Bonchev–Trinajstić information content (AvgIpc) is 3.10. The molecule has 2 aliphatic rings. The summed E-state index contributed by atoms with van der Waals surface area (Å²) in [5.74, 6) is 2.29. The fourth-order valence-electron chi connectivity index (χ4n) is 4.31. The van der Waals surface area contributed by atoms with Gasteiger partial charge in [-0.1, -0.05) is 6.92 Å². The van der Waals surface area contributed by atoms with Crippen LogP contribution in [0, 0.1) is 11.8 Å². The molecule has 0 aliphatic carbocycles. The number of amides is 1. The first-order valence-corrected chi connectivity index (χ1v) is 9.99. The van der Waals surface area contributed by atoms with E-state index in [2.05, 4.69) is 32.2 Å². The Labute approximate surface area is 159 Å². The Kier molecular flexibility index (Phi) is 5.24. The lowest BCUT2D eigenvalue weighted by Gasteiger charge is -2.36. The topological polar surface area (TPSA) is 79.2 Å². The molecule has 0 radical (unpaired) electrons. The summed E-state index contributed by atoms with van der Waals surface area (Å²) in [6, 6.07) is 0. The van der Waals surface area contributed by atoms with Crippen LogP contribution in [0.15, 0.2) is 12.5 Å². The summed E-state index contributed by atoms with van der Waals surface area (Å²) in [7, 11) is 1.89. The van der Waals surface area contributed by atoms with Crippen molar-refractivity contribution in [2.75, 3.05) is 44.2 Å². The third-order valence-corrected chi connectivity index (χ3v) is 6.08. The van der Waals surface area contributed by atoms with Gasteiger partial charge in [0.1, 0.15) is 12.1 Å². The summed E-state index contributed by atoms with van der Waals surface area (Å²) in [6.07, 6.45) is 6.54. The van der Waals surface area contributed by atoms with Gasteiger partial charge >= 0.3 is 0 Å². The van der Waals surface area contributed by atoms with Gasteiger partial charge in [0.2, 0.25) is 5.91 Å². The molecule has 2 aromatic heterocycles. The maximum absolute atomic E-state index is 12.8. The van der Waals surface area contributed by atoms with E-state index in [-0.39, 0.29) is 0 Å². The van der Waals surface area contributed by atoms with Crippen LogP contribution in [-0.4, -0.2) is 69.8 Å². The number of anilines is 1. The third-order valence-electron chi connectivity index (χ3n) is 6.08. The minimum atomic E-state index is 0.293. The van der Waals surface area contributed by atoms with Gasteiger partial charge in [0, 0.05) is 39.6 Å². The summed E-state index contributed by atoms with van der Waals surface area (Å²) in [6.45, 7) is 7.49. The maximum Gasteiger partial charge on any atom is 0.222 e. The summed E-state index contributed by atoms with van der Waals surface area (Å²) < 4.78 is 1.77. The van der Waals surface area contributed by atoms with Crippen molar-refractivity contribution in [1.29, 1.82) is 0 Å². The zero-order chi connectivity index (χ0) is 18.8. The lowest BCUT2D eigenvalue weighted by atomic mass is 9.85. The standard InChI is InChI=1S/C19H29N7O/c1-14(15-4-3-5-20-11-15)10-17(27)25-6-8-26(9-7-25)19-16-12-23-24(2)18(16)21-13-22-19/h12-15,20H,3-11H2,1-2H3. The highest BCUT2D eigenvalue weighted by Crippen LogP contribution is 2.25. The molecule has 2 saturated heterocycles. The van der Waals surface area contributed by atoms with Crippen molar-refractivity contribution in [3.8, 4) is 0 Å². The Morgan fingerprint density at radius 3 is 2.85 bits per heavy atom. The monoisotopic (exact) mass is 371 g/mol. The Balaban J connectivity index is 1.35. The highest BCUT2D eigenvalue weighted by molar-refractivity contribution is 5.86. The van der Waals surface area contributed by atoms with Gasteiger partial charge < -0.3 is 15.1 Å². The number of carbonyl (C=O) groups excluding carboxylic acids is 1. The largest absolute Gasteiger partial charge is 0.352 e. The second-order valence-corrected chi connectivity index (χ2v) is 7.86. The summed E-state index contributed by atoms with van der Waals surface area (Å²) in [4.78, 5) is 25.8. The molecule has 27 heavy (non-hydrogen) atoms. The van der Waals surface area contributed by atoms with Crippen LogP contribution in [0.2, 0.25) is 0 Å². The van der Waals surface area contributed by atoms with Crippen LogP contribution < -0.4 is 10.2 Å². The van der Waals surface area contributed by atoms with Gasteiger partial charge in [-0.05, 0) is 37.8 Å². The number of carbonyl (C=O) groups is 1. The average molecular weight is 371 g/mol. The molecule has 2 atom stereocenters. The molecule has 2 aliphatic heterocycles. The molecule has 8 heteroatoms. The molecule has 146 valence electrons. The number of fused-ring (bicyclic) bond motifs is 1. The van der Waals surface area contributed by atoms with E-state index in [1.807, 2.05) is 18.1 Å². The van der Waals surface area contributed by atoms with Crippen LogP contribution in [-0.2, 0) is 11.8 Å². The first-order chi connectivity index (χ1) is 13.1. The molecule has 2 unspecified atom stereocenters. The van der Waals surface area contributed by atoms with Crippen LogP contribution in [0.1, 0.15) is 26.2 Å². The molecule has 2 fully saturated rings. The van der Waals surface area contributed by atoms with Crippen LogP contribution in [0.3, 0.4) is 0 Å². The van der Waals surface area contributed by atoms with E-state index in [1.165, 1.54) is 12.8 Å². The van der Waals surface area contributed by atoms with Gasteiger partial charge in [0.05, 0.1) is 11.6 Å². The first kappa shape index (κ1) is 18.2. The smallest absolute Gasteiger partial charge is 0.222 e. The van der Waals surface area contributed by atoms with E-state index in [0.29, 0.717) is 24.2 Å². The zero-order valence-electron chi connectivity index (χ0n) is 16.3. The predicted octanol–water partition coefficient (Wildman–Crippen LogP) is 1.04. The maximum atomic E-state index is 12.8. The predicted molar refractivity (Wildman–Crippen MR) is 104 cm³/mol. The SMILES string of the molecule is CC(CC(=O)N1CCN(c2ncnc3c2cnn3C)CC1)C1CCCNC1. The van der Waals surface area contributed by atoms with Crippen LogP contribution in [0.5, 0.6) is 0 Å². The van der Waals surface area contributed by atoms with E-state index in [1.54, 1.807) is 11.0 Å². The number of hydrogen-bond acceptors (Lipinski definition) is 6. The number of aromatic nitrogens is 4. The van der Waals surface area contributed by atoms with Gasteiger partial charge in [-0.3, -0.25) is 9.48 Å². The number of piperazine rings is 1. The Hall–Kier alpha value is -2.22. The van der Waals surface area contributed by atoms with E-state index in [9.17, 15) is 4.79 Å². The van der Waals surface area contributed by atoms with Gasteiger partial charge in [-0.15, -0.1) is 0 Å². The van der Waals surface area contributed by atoms with E-state index in [0.717, 1.165) is 56.1 Å². The van der Waals surface area contributed by atoms with E-state index >= 15 is 0 Å². The molecule has 4 heterocycles. The second-order valence-electron chi connectivity index (χ2n) is 7.86. The van der Waals surface area contributed by atoms with Crippen LogP contribution in [0.25, 0.3) is 11.0 Å². The lowest BCUT2D eigenvalue weighted by Crippen LogP contribution is -2.49. The van der Waals surface area contributed by atoms with Crippen molar-refractivity contribution >= 4 is 22.8 Å². The van der Waals surface area contributed by atoms with Gasteiger partial charge in [-0.25, -0.2) is 9.97 Å². The minimum Gasteiger partial charge on any atom is -0.352 e. The van der Waals surface area contributed by atoms with Crippen molar-refractivity contribution in [3.63, 3.8) is 0 Å². The molecular formula is C19H29N7O. The number of hydrogen-bond donors (Lipinski definition) is 1. The minimum absolute atomic E-state index is 0.293. The first-order valence-electron chi connectivity index (χ1n) is 9.99. The molecule has 4 rings (SSSR count). The number of rotatable bonds is 4. The molecule has 0 spiro atoms. The van der Waals surface area contributed by atoms with E-state index in [4.69, 9.17) is 0 Å². The van der Waals surface area contributed by atoms with Crippen molar-refractivity contribution < 1.29 is 4.79 Å². The number of aryl methyl sites for hydroxylation is 1. The van der Waals surface area contributed by atoms with Crippen LogP contribution in [0.4, 0.5) is 5.82 Å². The lowest BCUT2D eigenvalue weighted by molar-refractivity contribution is -0.132. The van der Waals surface area contributed by atoms with Crippen molar-refractivity contribution in [2.45, 2.75) is 26.2 Å². The Bertz CT molecular complexity index is 790. The highest BCUT2D eigenvalue weighted by atomic mass is 16.2. The third kappa shape index (κ3) is 3.76. The second kappa shape index (κ2) is 7.80. The van der Waals surface area contributed by atoms with Gasteiger partial charge in [0.15, 0.2) is 5.65 Å². The Morgan fingerprint density at radius 1 is 1.30 bits per heavy atom. The fraction of sp³-hybridized carbons (Fsp3) is 0.684. The molecule has 1 N–H and O–H groups in total. The summed E-state index contributed by atoms with van der Waals surface area (Å²) in [5, 5.41) is 8.72. The molecule has 2 aromatic rings. The quantitative estimate of drug-likeness (QED) is 0.865. The fourth-order valence-corrected chi connectivity index (χ4v) is 4.31. The number of nitrogens with one attached hydrogen (secondary N) is 1. The highest BCUT2D eigenvalue weighted by Gasteiger charge is 2.27. The summed E-state index contributed by atoms with van der Waals surface area (Å²) in [5.41, 5.74) is 0.841. The summed E-state index contributed by atoms with van der Waals surface area (Å²) >= 11 is 0. The van der Waals surface area contributed by atoms with Crippen molar-refractivity contribution in [1.82, 2.24) is 30.0 Å². The molecular weight excluding hydrogens is 342 g/mol. The molecule has 0 aromatic carbocycles. The Morgan fingerprint density at radius 2 is 2.11 bits per heavy atom. The van der Waals surface area contributed by atoms with Gasteiger partial charge in [-0.2, -0.15) is 5.10 Å². The zero-order valence-corrected chi connectivity index (χ0v) is 16.3. The van der Waals surface area contributed by atoms with Gasteiger partial charge in [0.25, 0.3) is 0 Å².